The van der Waals surface area contributed by atoms with Gasteiger partial charge >= 0.3 is 0 Å². The van der Waals surface area contributed by atoms with Crippen LogP contribution in [0.1, 0.15) is 32.1 Å². The molecule has 7 rings (SSSR count). The summed E-state index contributed by atoms with van der Waals surface area (Å²) in [4.78, 5) is 9.03. The summed E-state index contributed by atoms with van der Waals surface area (Å²) in [5.41, 5.74) is 1.31. The maximum absolute atomic E-state index is 10.9. The molecule has 1 aromatic carbocycles. The van der Waals surface area contributed by atoms with E-state index in [1.54, 1.807) is 17.1 Å². The summed E-state index contributed by atoms with van der Waals surface area (Å²) in [6.45, 7) is 0.475. The fraction of sp³-hybridized carbons (Fsp3) is 0.522. The van der Waals surface area contributed by atoms with Gasteiger partial charge in [-0.15, -0.1) is 0 Å². The molecular weight excluding hydrogens is 428 g/mol. The lowest BCUT2D eigenvalue weighted by atomic mass is 9.52. The highest BCUT2D eigenvalue weighted by Gasteiger charge is 2.54. The third-order valence-electron chi connectivity index (χ3n) is 7.50. The average molecular weight is 455 g/mol. The Bertz CT molecular complexity index is 1150. The largest absolute Gasteiger partial charge is 0.394 e. The van der Waals surface area contributed by atoms with Gasteiger partial charge in [0, 0.05) is 17.1 Å². The summed E-state index contributed by atoms with van der Waals surface area (Å²) in [6.07, 6.45) is 8.46. The Morgan fingerprint density at radius 3 is 2.72 bits per heavy atom. The van der Waals surface area contributed by atoms with E-state index in [0.717, 1.165) is 35.9 Å². The van der Waals surface area contributed by atoms with E-state index < -0.39 is 5.60 Å². The molecule has 4 bridgehead atoms. The minimum Gasteiger partial charge on any atom is -0.394 e. The molecular formula is C23H27ClN6O2. The van der Waals surface area contributed by atoms with Gasteiger partial charge in [0.2, 0.25) is 5.95 Å². The van der Waals surface area contributed by atoms with Gasteiger partial charge in [-0.25, -0.2) is 4.98 Å². The van der Waals surface area contributed by atoms with Crippen LogP contribution in [0.15, 0.2) is 30.6 Å². The first kappa shape index (κ1) is 20.2. The van der Waals surface area contributed by atoms with E-state index in [2.05, 4.69) is 25.7 Å². The molecule has 4 aliphatic rings. The second-order valence-electron chi connectivity index (χ2n) is 9.74. The molecule has 4 fully saturated rings. The molecule has 9 heteroatoms. The van der Waals surface area contributed by atoms with Crippen LogP contribution in [0.4, 0.5) is 17.5 Å². The van der Waals surface area contributed by atoms with Crippen LogP contribution in [-0.2, 0) is 6.54 Å². The van der Waals surface area contributed by atoms with E-state index in [-0.39, 0.29) is 12.6 Å². The van der Waals surface area contributed by atoms with Gasteiger partial charge in [0.1, 0.15) is 5.02 Å². The number of aliphatic hydroxyl groups excluding tert-OH is 1. The van der Waals surface area contributed by atoms with E-state index in [0.29, 0.717) is 41.1 Å². The summed E-state index contributed by atoms with van der Waals surface area (Å²) in [5.74, 6) is 2.68. The number of nitrogens with zero attached hydrogens (tertiary/aromatic N) is 4. The lowest BCUT2D eigenvalue weighted by Gasteiger charge is -2.58. The topological polar surface area (TPSA) is 108 Å². The Morgan fingerprint density at radius 2 is 1.97 bits per heavy atom. The van der Waals surface area contributed by atoms with E-state index >= 15 is 0 Å². The normalized spacial score (nSPS) is 30.7. The third kappa shape index (κ3) is 3.50. The number of nitrogens with one attached hydrogen (secondary N) is 2. The SMILES string of the molecule is OCCn1ncc2ccc(Nc3ncc(Cl)c(NC4C5CC6CC4CC(O)(C6)C5)n3)cc21. The number of aliphatic hydroxyl groups is 2. The van der Waals surface area contributed by atoms with Crippen molar-refractivity contribution in [3.63, 3.8) is 0 Å². The van der Waals surface area contributed by atoms with Crippen LogP contribution in [0.2, 0.25) is 5.02 Å². The maximum atomic E-state index is 10.9. The van der Waals surface area contributed by atoms with Gasteiger partial charge in [-0.2, -0.15) is 10.1 Å². The molecule has 0 spiro atoms. The van der Waals surface area contributed by atoms with E-state index in [4.69, 9.17) is 11.6 Å². The van der Waals surface area contributed by atoms with E-state index in [1.807, 2.05) is 18.2 Å². The Morgan fingerprint density at radius 1 is 1.16 bits per heavy atom. The van der Waals surface area contributed by atoms with Crippen LogP contribution < -0.4 is 10.6 Å². The van der Waals surface area contributed by atoms with Gasteiger partial charge in [-0.3, -0.25) is 4.68 Å². The van der Waals surface area contributed by atoms with Crippen LogP contribution >= 0.6 is 11.6 Å². The molecule has 2 unspecified atom stereocenters. The van der Waals surface area contributed by atoms with Crippen molar-refractivity contribution in [1.82, 2.24) is 19.7 Å². The van der Waals surface area contributed by atoms with Crippen LogP contribution in [0.25, 0.3) is 10.9 Å². The number of benzene rings is 1. The molecule has 168 valence electrons. The van der Waals surface area contributed by atoms with Gasteiger partial charge in [0.05, 0.1) is 36.7 Å². The number of anilines is 3. The average Bonchev–Trinajstić information content (AvgIpc) is 3.14. The molecule has 2 aromatic heterocycles. The Hall–Kier alpha value is -2.42. The molecule has 2 atom stereocenters. The van der Waals surface area contributed by atoms with Crippen molar-refractivity contribution in [1.29, 1.82) is 0 Å². The second kappa shape index (κ2) is 7.57. The highest BCUT2D eigenvalue weighted by Crippen LogP contribution is 2.56. The predicted octanol–water partition coefficient (Wildman–Crippen LogP) is 3.57. The first-order valence-corrected chi connectivity index (χ1v) is 11.7. The van der Waals surface area contributed by atoms with E-state index in [9.17, 15) is 10.2 Å². The summed E-state index contributed by atoms with van der Waals surface area (Å²) in [6, 6.07) is 6.20. The van der Waals surface area contributed by atoms with Crippen molar-refractivity contribution >= 4 is 40.0 Å². The minimum atomic E-state index is -0.460. The lowest BCUT2D eigenvalue weighted by Crippen LogP contribution is -2.59. The number of hydrogen-bond acceptors (Lipinski definition) is 7. The van der Waals surface area contributed by atoms with Crippen molar-refractivity contribution in [2.24, 2.45) is 17.8 Å². The van der Waals surface area contributed by atoms with Crippen molar-refractivity contribution in [3.8, 4) is 0 Å². The fourth-order valence-electron chi connectivity index (χ4n) is 6.45. The summed E-state index contributed by atoms with van der Waals surface area (Å²) >= 11 is 6.46. The van der Waals surface area contributed by atoms with Crippen LogP contribution in [0.5, 0.6) is 0 Å². The minimum absolute atomic E-state index is 0.0328. The number of halogens is 1. The van der Waals surface area contributed by atoms with Gasteiger partial charge in [-0.1, -0.05) is 11.6 Å². The first-order chi connectivity index (χ1) is 15.5. The molecule has 4 aliphatic carbocycles. The standard InChI is InChI=1S/C23H27ClN6O2/c24-18-12-25-22(27-17-2-1-14-11-26-30(3-4-31)19(14)7-17)29-21(18)28-20-15-5-13-6-16(20)10-23(32,8-13)9-15/h1-2,7,11-13,15-16,20,31-32H,3-6,8-10H2,(H2,25,27,28,29). The maximum Gasteiger partial charge on any atom is 0.229 e. The molecule has 0 saturated heterocycles. The number of aromatic nitrogens is 4. The fourth-order valence-corrected chi connectivity index (χ4v) is 6.60. The molecule has 8 nitrogen and oxygen atoms in total. The first-order valence-electron chi connectivity index (χ1n) is 11.3. The predicted molar refractivity (Wildman–Crippen MR) is 123 cm³/mol. The molecule has 32 heavy (non-hydrogen) atoms. The third-order valence-corrected chi connectivity index (χ3v) is 7.78. The van der Waals surface area contributed by atoms with Crippen molar-refractivity contribution in [2.45, 2.75) is 50.3 Å². The Labute approximate surface area is 191 Å². The van der Waals surface area contributed by atoms with Crippen molar-refractivity contribution < 1.29 is 10.2 Å². The Balaban J connectivity index is 1.23. The quantitative estimate of drug-likeness (QED) is 0.451. The smallest absolute Gasteiger partial charge is 0.229 e. The Kier molecular flexibility index (Phi) is 4.78. The van der Waals surface area contributed by atoms with Gasteiger partial charge in [0.25, 0.3) is 0 Å². The number of rotatable bonds is 6. The highest BCUT2D eigenvalue weighted by molar-refractivity contribution is 6.32. The van der Waals surface area contributed by atoms with E-state index in [1.165, 1.54) is 12.8 Å². The zero-order chi connectivity index (χ0) is 21.9. The highest BCUT2D eigenvalue weighted by atomic mass is 35.5. The van der Waals surface area contributed by atoms with Gasteiger partial charge in [0.15, 0.2) is 5.82 Å². The van der Waals surface area contributed by atoms with Gasteiger partial charge < -0.3 is 20.8 Å². The van der Waals surface area contributed by atoms with Crippen LogP contribution in [-0.4, -0.2) is 48.2 Å². The molecule has 4 N–H and O–H groups in total. The summed E-state index contributed by atoms with van der Waals surface area (Å²) < 4.78 is 1.77. The number of fused-ring (bicyclic) bond motifs is 1. The second-order valence-corrected chi connectivity index (χ2v) is 10.2. The van der Waals surface area contributed by atoms with Gasteiger partial charge in [-0.05, 0) is 68.1 Å². The molecule has 2 heterocycles. The summed E-state index contributed by atoms with van der Waals surface area (Å²) in [5, 5.41) is 32.8. The number of hydrogen-bond donors (Lipinski definition) is 4. The molecule has 0 aliphatic heterocycles. The zero-order valence-corrected chi connectivity index (χ0v) is 18.5. The zero-order valence-electron chi connectivity index (χ0n) is 17.7. The van der Waals surface area contributed by atoms with Crippen LogP contribution in [0.3, 0.4) is 0 Å². The lowest BCUT2D eigenvalue weighted by molar-refractivity contribution is -0.129. The molecule has 0 amide bonds. The van der Waals surface area contributed by atoms with Crippen molar-refractivity contribution in [3.05, 3.63) is 35.6 Å². The molecule has 4 saturated carbocycles. The monoisotopic (exact) mass is 454 g/mol. The molecule has 3 aromatic rings. The molecule has 0 radical (unpaired) electrons. The van der Waals surface area contributed by atoms with Crippen molar-refractivity contribution in [2.75, 3.05) is 17.2 Å². The summed E-state index contributed by atoms with van der Waals surface area (Å²) in [7, 11) is 0. The van der Waals surface area contributed by atoms with Crippen LogP contribution in [0, 0.1) is 17.8 Å².